The summed E-state index contributed by atoms with van der Waals surface area (Å²) in [7, 11) is 2.03. The molecule has 0 aliphatic carbocycles. The maximum absolute atomic E-state index is 13.6. The summed E-state index contributed by atoms with van der Waals surface area (Å²) >= 11 is 0. The molecule has 0 fully saturated rings. The molecule has 3 N–H and O–H groups in total. The van der Waals surface area contributed by atoms with Gasteiger partial charge in [-0.25, -0.2) is 4.79 Å². The summed E-state index contributed by atoms with van der Waals surface area (Å²) in [5.74, 6) is 1.60. The van der Waals surface area contributed by atoms with Crippen LogP contribution < -0.4 is 20.1 Å². The first kappa shape index (κ1) is 30.9. The number of benzene rings is 3. The van der Waals surface area contributed by atoms with Crippen molar-refractivity contribution in [1.29, 1.82) is 0 Å². The molecule has 0 saturated carbocycles. The fraction of sp³-hybridized carbons (Fsp3) is 0.394. The number of likely N-dealkylation sites (N-methyl/N-ethyl adjacent to an activating group) is 1. The number of para-hydroxylation sites is 2. The fourth-order valence-corrected chi connectivity index (χ4v) is 4.95. The molecule has 3 aromatic rings. The van der Waals surface area contributed by atoms with Crippen molar-refractivity contribution in [2.24, 2.45) is 5.92 Å². The average molecular weight is 575 g/mol. The summed E-state index contributed by atoms with van der Waals surface area (Å²) in [6.45, 7) is 9.15. The number of carbonyl (C=O) groups is 2. The van der Waals surface area contributed by atoms with E-state index in [4.69, 9.17) is 9.47 Å². The van der Waals surface area contributed by atoms with Crippen molar-refractivity contribution in [2.45, 2.75) is 52.4 Å². The first-order valence-electron chi connectivity index (χ1n) is 14.4. The van der Waals surface area contributed by atoms with Gasteiger partial charge in [0, 0.05) is 31.6 Å². The number of nitrogens with zero attached hydrogens (tertiary/aromatic N) is 2. The zero-order chi connectivity index (χ0) is 30.2. The molecule has 1 heterocycles. The lowest BCUT2D eigenvalue weighted by Gasteiger charge is -2.38. The van der Waals surface area contributed by atoms with Gasteiger partial charge in [0.25, 0.3) is 5.91 Å². The Morgan fingerprint density at radius 2 is 1.74 bits per heavy atom. The Morgan fingerprint density at radius 3 is 2.40 bits per heavy atom. The zero-order valence-electron chi connectivity index (χ0n) is 25.0. The van der Waals surface area contributed by atoms with Crippen molar-refractivity contribution in [3.8, 4) is 17.2 Å². The maximum Gasteiger partial charge on any atom is 0.319 e. The lowest BCUT2D eigenvalue weighted by atomic mass is 9.99. The summed E-state index contributed by atoms with van der Waals surface area (Å²) in [6, 6.07) is 22.0. The molecule has 3 amide bonds. The Morgan fingerprint density at radius 1 is 1.05 bits per heavy atom. The summed E-state index contributed by atoms with van der Waals surface area (Å²) in [5, 5.41) is 15.6. The van der Waals surface area contributed by atoms with Crippen LogP contribution in [-0.2, 0) is 6.54 Å². The van der Waals surface area contributed by atoms with Crippen LogP contribution >= 0.6 is 0 Å². The summed E-state index contributed by atoms with van der Waals surface area (Å²) in [5.41, 5.74) is 1.90. The Labute approximate surface area is 248 Å². The Kier molecular flexibility index (Phi) is 10.4. The minimum absolute atomic E-state index is 0.0562. The molecule has 9 nitrogen and oxygen atoms in total. The summed E-state index contributed by atoms with van der Waals surface area (Å²) in [4.78, 5) is 30.1. The minimum atomic E-state index is -0.376. The van der Waals surface area contributed by atoms with Crippen molar-refractivity contribution < 1.29 is 24.2 Å². The van der Waals surface area contributed by atoms with Gasteiger partial charge < -0.3 is 30.1 Å². The largest absolute Gasteiger partial charge is 0.486 e. The van der Waals surface area contributed by atoms with Crippen molar-refractivity contribution in [3.05, 3.63) is 83.9 Å². The highest BCUT2D eigenvalue weighted by atomic mass is 16.5. The molecule has 4 rings (SSSR count). The number of rotatable bonds is 10. The van der Waals surface area contributed by atoms with E-state index < -0.39 is 0 Å². The lowest BCUT2D eigenvalue weighted by Crippen LogP contribution is -2.49. The number of urea groups is 1. The number of hydrogen-bond donors (Lipinski definition) is 3. The predicted octanol–water partition coefficient (Wildman–Crippen LogP) is 5.36. The van der Waals surface area contributed by atoms with E-state index in [1.54, 1.807) is 23.1 Å². The topological polar surface area (TPSA) is 103 Å². The number of nitrogens with one attached hydrogen (secondary N) is 2. The van der Waals surface area contributed by atoms with Gasteiger partial charge in [-0.15, -0.1) is 0 Å². The highest BCUT2D eigenvalue weighted by Gasteiger charge is 2.34. The number of carbonyl (C=O) groups excluding carboxylic acids is 2. The van der Waals surface area contributed by atoms with E-state index in [9.17, 15) is 14.7 Å². The normalized spacial score (nSPS) is 17.6. The van der Waals surface area contributed by atoms with Crippen LogP contribution in [0, 0.1) is 5.92 Å². The second kappa shape index (κ2) is 14.2. The number of aliphatic hydroxyl groups is 1. The van der Waals surface area contributed by atoms with Gasteiger partial charge in [-0.05, 0) is 69.8 Å². The summed E-state index contributed by atoms with van der Waals surface area (Å²) < 4.78 is 12.5. The van der Waals surface area contributed by atoms with Crippen LogP contribution in [0.4, 0.5) is 10.5 Å². The Balaban J connectivity index is 1.54. The maximum atomic E-state index is 13.6. The van der Waals surface area contributed by atoms with Gasteiger partial charge in [0.1, 0.15) is 17.6 Å². The van der Waals surface area contributed by atoms with Crippen LogP contribution in [0.5, 0.6) is 17.2 Å². The molecule has 3 aromatic carbocycles. The first-order chi connectivity index (χ1) is 20.1. The van der Waals surface area contributed by atoms with Crippen LogP contribution in [0.2, 0.25) is 0 Å². The van der Waals surface area contributed by atoms with Crippen LogP contribution in [0.15, 0.2) is 72.8 Å². The highest BCUT2D eigenvalue weighted by molar-refractivity contribution is 6.01. The molecule has 9 heteroatoms. The second-order valence-corrected chi connectivity index (χ2v) is 11.3. The Bertz CT molecular complexity index is 1330. The number of fused-ring (bicyclic) bond motifs is 1. The van der Waals surface area contributed by atoms with Gasteiger partial charge in [-0.1, -0.05) is 43.3 Å². The monoisotopic (exact) mass is 574 g/mol. The number of hydrogen-bond acceptors (Lipinski definition) is 6. The fourth-order valence-electron chi connectivity index (χ4n) is 4.95. The molecule has 0 aromatic heterocycles. The van der Waals surface area contributed by atoms with Crippen LogP contribution in [0.25, 0.3) is 0 Å². The number of anilines is 1. The Hall–Kier alpha value is -4.08. The quantitative estimate of drug-likeness (QED) is 0.301. The molecular weight excluding hydrogens is 532 g/mol. The van der Waals surface area contributed by atoms with E-state index in [0.717, 1.165) is 17.1 Å². The minimum Gasteiger partial charge on any atom is -0.486 e. The van der Waals surface area contributed by atoms with Gasteiger partial charge in [0.15, 0.2) is 5.75 Å². The first-order valence-corrected chi connectivity index (χ1v) is 14.4. The highest BCUT2D eigenvalue weighted by Crippen LogP contribution is 2.35. The predicted molar refractivity (Wildman–Crippen MR) is 164 cm³/mol. The molecule has 3 atom stereocenters. The van der Waals surface area contributed by atoms with Crippen molar-refractivity contribution >= 4 is 17.6 Å². The van der Waals surface area contributed by atoms with Gasteiger partial charge in [-0.3, -0.25) is 9.69 Å². The van der Waals surface area contributed by atoms with E-state index in [1.165, 1.54) is 0 Å². The third kappa shape index (κ3) is 8.02. The third-order valence-electron chi connectivity index (χ3n) is 7.21. The number of amides is 3. The van der Waals surface area contributed by atoms with Crippen LogP contribution in [0.1, 0.15) is 43.6 Å². The average Bonchev–Trinajstić information content (AvgIpc) is 2.96. The molecule has 0 bridgehead atoms. The summed E-state index contributed by atoms with van der Waals surface area (Å²) in [6.07, 6.45) is -0.299. The smallest absolute Gasteiger partial charge is 0.319 e. The molecule has 0 spiro atoms. The van der Waals surface area contributed by atoms with Crippen molar-refractivity contribution in [3.63, 3.8) is 0 Å². The molecule has 0 saturated heterocycles. The second-order valence-electron chi connectivity index (χ2n) is 11.3. The van der Waals surface area contributed by atoms with Crippen LogP contribution in [0.3, 0.4) is 0 Å². The number of aliphatic hydroxyl groups excluding tert-OH is 1. The standard InChI is InChI=1S/C33H42N4O5/c1-22(2)34-33(40)35-29-13-9-12-28-31(29)42-30(23(3)18-37(32(28)39)24(4)21-38)20-36(5)19-25-14-16-27(17-15-25)41-26-10-7-6-8-11-26/h6-17,22-24,30,38H,18-21H2,1-5H3,(H2,34,35,40)/t23-,24-,30-/m1/s1. The molecular formula is C33H42N4O5. The zero-order valence-corrected chi connectivity index (χ0v) is 25.0. The molecule has 1 aliphatic rings. The molecule has 0 radical (unpaired) electrons. The van der Waals surface area contributed by atoms with E-state index in [0.29, 0.717) is 36.6 Å². The van der Waals surface area contributed by atoms with Gasteiger partial charge in [0.2, 0.25) is 0 Å². The van der Waals surface area contributed by atoms with Gasteiger partial charge in [0.05, 0.1) is 23.9 Å². The van der Waals surface area contributed by atoms with E-state index >= 15 is 0 Å². The van der Waals surface area contributed by atoms with E-state index in [2.05, 4.69) is 15.5 Å². The lowest BCUT2D eigenvalue weighted by molar-refractivity contribution is 0.0343. The van der Waals surface area contributed by atoms with Crippen molar-refractivity contribution in [2.75, 3.05) is 32.1 Å². The number of ether oxygens (including phenoxy) is 2. The molecule has 1 aliphatic heterocycles. The van der Waals surface area contributed by atoms with Gasteiger partial charge >= 0.3 is 6.03 Å². The van der Waals surface area contributed by atoms with E-state index in [-0.39, 0.29) is 42.7 Å². The third-order valence-corrected chi connectivity index (χ3v) is 7.21. The van der Waals surface area contributed by atoms with Crippen molar-refractivity contribution in [1.82, 2.24) is 15.1 Å². The van der Waals surface area contributed by atoms with E-state index in [1.807, 2.05) is 89.3 Å². The molecule has 224 valence electrons. The molecule has 42 heavy (non-hydrogen) atoms. The molecule has 0 unspecified atom stereocenters. The SMILES string of the molecule is CC(C)NC(=O)Nc1cccc2c1O[C@H](CN(C)Cc1ccc(Oc3ccccc3)cc1)[C@H](C)CN([C@H](C)CO)C2=O. The van der Waals surface area contributed by atoms with Crippen LogP contribution in [-0.4, -0.2) is 71.8 Å². The van der Waals surface area contributed by atoms with Gasteiger partial charge in [-0.2, -0.15) is 0 Å².